The van der Waals surface area contributed by atoms with Crippen LogP contribution in [0.25, 0.3) is 0 Å². The van der Waals surface area contributed by atoms with Crippen LogP contribution in [-0.4, -0.2) is 26.2 Å². The van der Waals surface area contributed by atoms with Gasteiger partial charge in [-0.3, -0.25) is 9.59 Å². The van der Waals surface area contributed by atoms with Gasteiger partial charge in [-0.05, 0) is 0 Å². The Morgan fingerprint density at radius 1 is 1.28 bits per heavy atom. The Morgan fingerprint density at radius 2 is 1.94 bits per heavy atom. The van der Waals surface area contributed by atoms with Gasteiger partial charge in [0, 0.05) is 18.6 Å². The Kier molecular flexibility index (Phi) is 4.65. The summed E-state index contributed by atoms with van der Waals surface area (Å²) in [4.78, 5) is 33.9. The third kappa shape index (κ3) is 3.44. The van der Waals surface area contributed by atoms with Gasteiger partial charge in [0.05, 0.1) is 20.1 Å². The second kappa shape index (κ2) is 6.00. The van der Waals surface area contributed by atoms with Crippen molar-refractivity contribution >= 4 is 11.9 Å². The van der Waals surface area contributed by atoms with Crippen LogP contribution in [0.5, 0.6) is 0 Å². The van der Waals surface area contributed by atoms with Crippen molar-refractivity contribution in [2.24, 2.45) is 5.92 Å². The zero-order valence-corrected chi connectivity index (χ0v) is 10.4. The number of esters is 2. The number of carbonyl (C=O) groups is 2. The average molecular weight is 254 g/mol. The van der Waals surface area contributed by atoms with Crippen molar-refractivity contribution in [3.63, 3.8) is 0 Å². The topological polar surface area (TPSA) is 82.8 Å². The Labute approximate surface area is 104 Å². The van der Waals surface area contributed by atoms with Crippen LogP contribution < -0.4 is 5.43 Å². The first-order chi connectivity index (χ1) is 8.47. The SMILES string of the molecule is COC(=O)c1cc(=O)cc(CC(C)C(=O)OC)o1. The fourth-order valence-corrected chi connectivity index (χ4v) is 1.42. The first kappa shape index (κ1) is 14.0. The van der Waals surface area contributed by atoms with Crippen LogP contribution in [0.3, 0.4) is 0 Å². The van der Waals surface area contributed by atoms with Crippen molar-refractivity contribution < 1.29 is 23.5 Å². The summed E-state index contributed by atoms with van der Waals surface area (Å²) >= 11 is 0. The number of ether oxygens (including phenoxy) is 2. The molecule has 1 aromatic heterocycles. The van der Waals surface area contributed by atoms with Crippen molar-refractivity contribution in [1.82, 2.24) is 0 Å². The number of rotatable bonds is 4. The third-order valence-corrected chi connectivity index (χ3v) is 2.32. The molecule has 1 rings (SSSR count). The average Bonchev–Trinajstić information content (AvgIpc) is 2.35. The zero-order chi connectivity index (χ0) is 13.7. The summed E-state index contributed by atoms with van der Waals surface area (Å²) < 4.78 is 14.2. The molecular formula is C12H14O6. The Bertz CT molecular complexity index is 502. The van der Waals surface area contributed by atoms with E-state index in [9.17, 15) is 14.4 Å². The van der Waals surface area contributed by atoms with Gasteiger partial charge in [-0.1, -0.05) is 6.92 Å². The summed E-state index contributed by atoms with van der Waals surface area (Å²) in [6.07, 6.45) is 0.173. The molecule has 0 radical (unpaired) electrons. The molecule has 0 aliphatic carbocycles. The van der Waals surface area contributed by atoms with Gasteiger partial charge in [-0.25, -0.2) is 4.79 Å². The molecule has 0 amide bonds. The standard InChI is InChI=1S/C12H14O6/c1-7(11(14)16-2)4-9-5-8(13)6-10(18-9)12(15)17-3/h5-7H,4H2,1-3H3. The largest absolute Gasteiger partial charge is 0.469 e. The fraction of sp³-hybridized carbons (Fsp3) is 0.417. The molecule has 0 fully saturated rings. The lowest BCUT2D eigenvalue weighted by Gasteiger charge is -2.08. The van der Waals surface area contributed by atoms with E-state index in [2.05, 4.69) is 9.47 Å². The maximum Gasteiger partial charge on any atom is 0.374 e. The summed E-state index contributed by atoms with van der Waals surface area (Å²) in [7, 11) is 2.46. The third-order valence-electron chi connectivity index (χ3n) is 2.32. The molecule has 18 heavy (non-hydrogen) atoms. The Morgan fingerprint density at radius 3 is 2.50 bits per heavy atom. The lowest BCUT2D eigenvalue weighted by molar-refractivity contribution is -0.144. The molecule has 0 aliphatic rings. The first-order valence-corrected chi connectivity index (χ1v) is 5.28. The van der Waals surface area contributed by atoms with E-state index in [0.717, 1.165) is 6.07 Å². The van der Waals surface area contributed by atoms with E-state index in [0.29, 0.717) is 0 Å². The smallest absolute Gasteiger partial charge is 0.374 e. The summed E-state index contributed by atoms with van der Waals surface area (Å²) in [5.74, 6) is -1.57. The predicted octanol–water partition coefficient (Wildman–Crippen LogP) is 0.778. The van der Waals surface area contributed by atoms with Crippen LogP contribution in [0.1, 0.15) is 23.2 Å². The van der Waals surface area contributed by atoms with Gasteiger partial charge < -0.3 is 13.9 Å². The van der Waals surface area contributed by atoms with E-state index in [1.54, 1.807) is 6.92 Å². The Balaban J connectivity index is 2.97. The highest BCUT2D eigenvalue weighted by molar-refractivity contribution is 5.85. The second-order valence-corrected chi connectivity index (χ2v) is 3.74. The highest BCUT2D eigenvalue weighted by Crippen LogP contribution is 2.10. The molecule has 6 nitrogen and oxygen atoms in total. The number of hydrogen-bond acceptors (Lipinski definition) is 6. The van der Waals surface area contributed by atoms with Gasteiger partial charge in [0.25, 0.3) is 0 Å². The minimum absolute atomic E-state index is 0.173. The zero-order valence-electron chi connectivity index (χ0n) is 10.4. The number of hydrogen-bond donors (Lipinski definition) is 0. The summed E-state index contributed by atoms with van der Waals surface area (Å²) in [5, 5.41) is 0. The summed E-state index contributed by atoms with van der Waals surface area (Å²) in [6, 6.07) is 2.27. The minimum Gasteiger partial charge on any atom is -0.469 e. The van der Waals surface area contributed by atoms with Gasteiger partial charge in [0.1, 0.15) is 5.76 Å². The van der Waals surface area contributed by atoms with E-state index < -0.39 is 17.9 Å². The van der Waals surface area contributed by atoms with Crippen molar-refractivity contribution in [3.8, 4) is 0 Å². The molecule has 0 aromatic carbocycles. The minimum atomic E-state index is -0.736. The van der Waals surface area contributed by atoms with Gasteiger partial charge >= 0.3 is 11.9 Å². The monoisotopic (exact) mass is 254 g/mol. The van der Waals surface area contributed by atoms with E-state index in [4.69, 9.17) is 4.42 Å². The van der Waals surface area contributed by atoms with Crippen LogP contribution in [0.4, 0.5) is 0 Å². The molecule has 98 valence electrons. The van der Waals surface area contributed by atoms with Crippen molar-refractivity contribution in [3.05, 3.63) is 33.9 Å². The number of methoxy groups -OCH3 is 2. The highest BCUT2D eigenvalue weighted by atomic mass is 16.5. The summed E-state index contributed by atoms with van der Waals surface area (Å²) in [5.41, 5.74) is -0.381. The molecule has 0 saturated heterocycles. The van der Waals surface area contributed by atoms with Gasteiger partial charge in [-0.2, -0.15) is 0 Å². The van der Waals surface area contributed by atoms with E-state index in [1.165, 1.54) is 20.3 Å². The molecule has 0 saturated carbocycles. The fourth-order valence-electron chi connectivity index (χ4n) is 1.42. The van der Waals surface area contributed by atoms with Crippen LogP contribution in [-0.2, 0) is 20.7 Å². The maximum atomic E-state index is 11.4. The second-order valence-electron chi connectivity index (χ2n) is 3.74. The quantitative estimate of drug-likeness (QED) is 0.738. The predicted molar refractivity (Wildman–Crippen MR) is 61.2 cm³/mol. The molecule has 0 aliphatic heterocycles. The Hall–Kier alpha value is -2.11. The van der Waals surface area contributed by atoms with Gasteiger partial charge in [-0.15, -0.1) is 0 Å². The first-order valence-electron chi connectivity index (χ1n) is 5.28. The highest BCUT2D eigenvalue weighted by Gasteiger charge is 2.17. The normalized spacial score (nSPS) is 11.7. The lowest BCUT2D eigenvalue weighted by atomic mass is 10.1. The van der Waals surface area contributed by atoms with Gasteiger partial charge in [0.2, 0.25) is 5.76 Å². The maximum absolute atomic E-state index is 11.4. The van der Waals surface area contributed by atoms with Crippen molar-refractivity contribution in [2.45, 2.75) is 13.3 Å². The molecule has 1 aromatic rings. The van der Waals surface area contributed by atoms with E-state index in [-0.39, 0.29) is 23.4 Å². The van der Waals surface area contributed by atoms with E-state index >= 15 is 0 Å². The van der Waals surface area contributed by atoms with Crippen LogP contribution in [0, 0.1) is 5.92 Å². The molecular weight excluding hydrogens is 240 g/mol. The van der Waals surface area contributed by atoms with E-state index in [1.807, 2.05) is 0 Å². The molecule has 1 unspecified atom stereocenters. The molecule has 1 heterocycles. The van der Waals surface area contributed by atoms with Crippen LogP contribution >= 0.6 is 0 Å². The lowest BCUT2D eigenvalue weighted by Crippen LogP contribution is -2.17. The molecule has 0 bridgehead atoms. The van der Waals surface area contributed by atoms with Crippen LogP contribution in [0.15, 0.2) is 21.3 Å². The van der Waals surface area contributed by atoms with Crippen molar-refractivity contribution in [2.75, 3.05) is 14.2 Å². The van der Waals surface area contributed by atoms with Crippen molar-refractivity contribution in [1.29, 1.82) is 0 Å². The molecule has 0 spiro atoms. The molecule has 0 N–H and O–H groups in total. The van der Waals surface area contributed by atoms with Gasteiger partial charge in [0.15, 0.2) is 5.43 Å². The molecule has 6 heteroatoms. The molecule has 1 atom stereocenters. The number of carbonyl (C=O) groups excluding carboxylic acids is 2. The van der Waals surface area contributed by atoms with Crippen LogP contribution in [0.2, 0.25) is 0 Å². The summed E-state index contributed by atoms with van der Waals surface area (Å²) in [6.45, 7) is 1.64.